The van der Waals surface area contributed by atoms with E-state index in [9.17, 15) is 0 Å². The fourth-order valence-corrected chi connectivity index (χ4v) is 5.07. The third kappa shape index (κ3) is 2.87. The third-order valence-corrected chi connectivity index (χ3v) is 6.25. The standard InChI is InChI=1S/C16H21Br2N/c1-19(10-14-7-11-2-4-13(14)6-11)16-5-3-12(9-17)8-15(16)18/h3,5,8,11,13-14H,2,4,6-7,9-10H2,1H3. The van der Waals surface area contributed by atoms with Gasteiger partial charge in [0.25, 0.3) is 0 Å². The van der Waals surface area contributed by atoms with Gasteiger partial charge in [-0.2, -0.15) is 0 Å². The molecule has 0 heterocycles. The zero-order chi connectivity index (χ0) is 13.4. The van der Waals surface area contributed by atoms with E-state index in [2.05, 4.69) is 62.0 Å². The summed E-state index contributed by atoms with van der Waals surface area (Å²) < 4.78 is 1.22. The van der Waals surface area contributed by atoms with Crippen LogP contribution < -0.4 is 4.90 Å². The highest BCUT2D eigenvalue weighted by Crippen LogP contribution is 2.48. The van der Waals surface area contributed by atoms with Crippen LogP contribution in [-0.4, -0.2) is 13.6 Å². The number of hydrogen-bond donors (Lipinski definition) is 0. The molecule has 2 aliphatic rings. The van der Waals surface area contributed by atoms with E-state index in [4.69, 9.17) is 0 Å². The monoisotopic (exact) mass is 385 g/mol. The molecule has 1 aromatic carbocycles. The van der Waals surface area contributed by atoms with Crippen LogP contribution in [0.2, 0.25) is 0 Å². The largest absolute Gasteiger partial charge is 0.373 e. The summed E-state index contributed by atoms with van der Waals surface area (Å²) in [6.07, 6.45) is 5.94. The molecule has 2 bridgehead atoms. The van der Waals surface area contributed by atoms with Gasteiger partial charge in [0.05, 0.1) is 5.69 Å². The molecule has 104 valence electrons. The smallest absolute Gasteiger partial charge is 0.0508 e. The molecule has 2 fully saturated rings. The van der Waals surface area contributed by atoms with Crippen molar-refractivity contribution in [1.82, 2.24) is 0 Å². The zero-order valence-electron chi connectivity index (χ0n) is 11.4. The van der Waals surface area contributed by atoms with Crippen molar-refractivity contribution in [3.63, 3.8) is 0 Å². The van der Waals surface area contributed by atoms with Gasteiger partial charge in [-0.3, -0.25) is 0 Å². The lowest BCUT2D eigenvalue weighted by molar-refractivity contribution is 0.337. The molecule has 1 nitrogen and oxygen atoms in total. The van der Waals surface area contributed by atoms with Gasteiger partial charge >= 0.3 is 0 Å². The summed E-state index contributed by atoms with van der Waals surface area (Å²) in [4.78, 5) is 2.44. The van der Waals surface area contributed by atoms with Gasteiger partial charge in [-0.1, -0.05) is 28.4 Å². The second-order valence-corrected chi connectivity index (χ2v) is 7.65. The molecule has 0 spiro atoms. The molecule has 2 saturated carbocycles. The van der Waals surface area contributed by atoms with Crippen LogP contribution in [0.5, 0.6) is 0 Å². The number of fused-ring (bicyclic) bond motifs is 2. The van der Waals surface area contributed by atoms with Crippen molar-refractivity contribution in [2.75, 3.05) is 18.5 Å². The van der Waals surface area contributed by atoms with Gasteiger partial charge in [0, 0.05) is 23.4 Å². The van der Waals surface area contributed by atoms with E-state index in [1.54, 1.807) is 0 Å². The van der Waals surface area contributed by atoms with E-state index in [1.165, 1.54) is 48.0 Å². The van der Waals surface area contributed by atoms with Gasteiger partial charge in [-0.15, -0.1) is 0 Å². The first kappa shape index (κ1) is 13.9. The summed E-state index contributed by atoms with van der Waals surface area (Å²) in [7, 11) is 2.24. The van der Waals surface area contributed by atoms with Crippen LogP contribution in [0.3, 0.4) is 0 Å². The second-order valence-electron chi connectivity index (χ2n) is 6.23. The van der Waals surface area contributed by atoms with E-state index in [0.29, 0.717) is 0 Å². The maximum atomic E-state index is 3.72. The van der Waals surface area contributed by atoms with Crippen LogP contribution in [0.15, 0.2) is 22.7 Å². The summed E-state index contributed by atoms with van der Waals surface area (Å²) in [5, 5.41) is 0.919. The van der Waals surface area contributed by atoms with Gasteiger partial charge in [0.2, 0.25) is 0 Å². The Bertz CT molecular complexity index is 460. The first-order valence-electron chi connectivity index (χ1n) is 7.23. The highest BCUT2D eigenvalue weighted by atomic mass is 79.9. The van der Waals surface area contributed by atoms with Crippen molar-refractivity contribution >= 4 is 37.5 Å². The van der Waals surface area contributed by atoms with Gasteiger partial charge in [0.1, 0.15) is 0 Å². The Morgan fingerprint density at radius 2 is 2.11 bits per heavy atom. The number of rotatable bonds is 4. The molecule has 2 aliphatic carbocycles. The van der Waals surface area contributed by atoms with Crippen molar-refractivity contribution in [3.8, 4) is 0 Å². The molecule has 1 aromatic rings. The molecule has 3 atom stereocenters. The predicted molar refractivity (Wildman–Crippen MR) is 89.0 cm³/mol. The van der Waals surface area contributed by atoms with Crippen LogP contribution in [0.1, 0.15) is 31.2 Å². The van der Waals surface area contributed by atoms with Crippen LogP contribution in [0.4, 0.5) is 5.69 Å². The van der Waals surface area contributed by atoms with Gasteiger partial charge < -0.3 is 4.90 Å². The molecular weight excluding hydrogens is 366 g/mol. The maximum Gasteiger partial charge on any atom is 0.0508 e. The number of alkyl halides is 1. The molecule has 0 aliphatic heterocycles. The summed E-state index contributed by atoms with van der Waals surface area (Å²) in [6, 6.07) is 6.68. The van der Waals surface area contributed by atoms with E-state index < -0.39 is 0 Å². The minimum atomic E-state index is 0.919. The van der Waals surface area contributed by atoms with Crippen LogP contribution in [0.25, 0.3) is 0 Å². The minimum absolute atomic E-state index is 0.919. The maximum absolute atomic E-state index is 3.72. The Labute approximate surface area is 133 Å². The molecule has 0 N–H and O–H groups in total. The molecule has 3 rings (SSSR count). The molecule has 3 heteroatoms. The number of hydrogen-bond acceptors (Lipinski definition) is 1. The number of nitrogens with zero attached hydrogens (tertiary/aromatic N) is 1. The Kier molecular flexibility index (Phi) is 4.23. The molecule has 19 heavy (non-hydrogen) atoms. The number of anilines is 1. The van der Waals surface area contributed by atoms with Crippen molar-refractivity contribution in [2.45, 2.75) is 31.0 Å². The lowest BCUT2D eigenvalue weighted by Crippen LogP contribution is -2.28. The fourth-order valence-electron chi connectivity index (χ4n) is 3.99. The van der Waals surface area contributed by atoms with Crippen molar-refractivity contribution in [2.24, 2.45) is 17.8 Å². The lowest BCUT2D eigenvalue weighted by atomic mass is 9.88. The highest BCUT2D eigenvalue weighted by Gasteiger charge is 2.39. The lowest BCUT2D eigenvalue weighted by Gasteiger charge is -2.29. The zero-order valence-corrected chi connectivity index (χ0v) is 14.6. The average molecular weight is 387 g/mol. The van der Waals surface area contributed by atoms with Crippen LogP contribution in [-0.2, 0) is 5.33 Å². The molecule has 0 saturated heterocycles. The second kappa shape index (κ2) is 5.77. The molecule has 3 unspecified atom stereocenters. The van der Waals surface area contributed by atoms with Gasteiger partial charge in [-0.05, 0) is 70.6 Å². The Morgan fingerprint density at radius 1 is 1.26 bits per heavy atom. The average Bonchev–Trinajstić information content (AvgIpc) is 3.00. The predicted octanol–water partition coefficient (Wildman–Crippen LogP) is 5.22. The van der Waals surface area contributed by atoms with Crippen molar-refractivity contribution in [1.29, 1.82) is 0 Å². The minimum Gasteiger partial charge on any atom is -0.373 e. The first-order valence-corrected chi connectivity index (χ1v) is 9.14. The normalized spacial score (nSPS) is 28.9. The fraction of sp³-hybridized carbons (Fsp3) is 0.625. The number of halogens is 2. The van der Waals surface area contributed by atoms with Crippen molar-refractivity contribution < 1.29 is 0 Å². The van der Waals surface area contributed by atoms with Crippen molar-refractivity contribution in [3.05, 3.63) is 28.2 Å². The molecular formula is C16H21Br2N. The molecule has 0 aromatic heterocycles. The van der Waals surface area contributed by atoms with Crippen LogP contribution in [0, 0.1) is 17.8 Å². The summed E-state index contributed by atoms with van der Waals surface area (Å²) in [5.41, 5.74) is 2.65. The van der Waals surface area contributed by atoms with E-state index in [0.717, 1.165) is 23.1 Å². The molecule has 0 radical (unpaired) electrons. The summed E-state index contributed by atoms with van der Waals surface area (Å²) in [6.45, 7) is 1.22. The Morgan fingerprint density at radius 3 is 2.68 bits per heavy atom. The summed E-state index contributed by atoms with van der Waals surface area (Å²) in [5.74, 6) is 2.97. The van der Waals surface area contributed by atoms with E-state index >= 15 is 0 Å². The van der Waals surface area contributed by atoms with Gasteiger partial charge in [-0.25, -0.2) is 0 Å². The summed E-state index contributed by atoms with van der Waals surface area (Å²) >= 11 is 7.23. The van der Waals surface area contributed by atoms with E-state index in [-0.39, 0.29) is 0 Å². The first-order chi connectivity index (χ1) is 9.17. The SMILES string of the molecule is CN(CC1CC2CCC1C2)c1ccc(CBr)cc1Br. The van der Waals surface area contributed by atoms with Crippen LogP contribution >= 0.6 is 31.9 Å². The van der Waals surface area contributed by atoms with Gasteiger partial charge in [0.15, 0.2) is 0 Å². The topological polar surface area (TPSA) is 3.24 Å². The van der Waals surface area contributed by atoms with E-state index in [1.807, 2.05) is 0 Å². The molecule has 0 amide bonds. The quantitative estimate of drug-likeness (QED) is 0.641. The number of benzene rings is 1. The Balaban J connectivity index is 1.68. The third-order valence-electron chi connectivity index (χ3n) is 4.97. The highest BCUT2D eigenvalue weighted by molar-refractivity contribution is 9.10. The Hall–Kier alpha value is -0.0200.